The molecular weight excluding hydrogens is 567 g/mol. The van der Waals surface area contributed by atoms with Gasteiger partial charge in [-0.25, -0.2) is 13.9 Å². The number of nitrogens with two attached hydrogens (primary N) is 1. The second-order valence-corrected chi connectivity index (χ2v) is 9.75. The number of carbonyl (C=O) groups excluding carboxylic acids is 1. The number of esters is 1. The highest BCUT2D eigenvalue weighted by atomic mass is 79.9. The number of carbonyl (C=O) groups is 1. The maximum Gasteiger partial charge on any atom is 0.324 e. The van der Waals surface area contributed by atoms with Crippen LogP contribution in [0.3, 0.4) is 0 Å². The summed E-state index contributed by atoms with van der Waals surface area (Å²) in [5, 5.41) is 13.4. The molecule has 0 aliphatic carbocycles. The van der Waals surface area contributed by atoms with Crippen molar-refractivity contribution in [3.8, 4) is 11.5 Å². The number of hydrogen-bond donors (Lipinski definition) is 1. The number of ether oxygens (including phenoxy) is 2. The van der Waals surface area contributed by atoms with E-state index in [0.29, 0.717) is 31.8 Å². The average molecular weight is 588 g/mol. The molecule has 2 N–H and O–H groups in total. The Balaban J connectivity index is 1.63. The van der Waals surface area contributed by atoms with Crippen molar-refractivity contribution in [2.24, 2.45) is 11.7 Å². The minimum absolute atomic E-state index is 0.0594. The SMILES string of the molecule is [C-]#[N+]c1cc(Cl)cc(Oc2c(Br)ccc(Cc3nn(COC(=O)[C@@H](N)C(C)C)c4nnccc34)c2F)c1. The predicted molar refractivity (Wildman–Crippen MR) is 139 cm³/mol. The van der Waals surface area contributed by atoms with E-state index in [0.717, 1.165) is 0 Å². The summed E-state index contributed by atoms with van der Waals surface area (Å²) in [6, 6.07) is 8.65. The predicted octanol–water partition coefficient (Wildman–Crippen LogP) is 5.80. The van der Waals surface area contributed by atoms with Crippen LogP contribution in [-0.2, 0) is 22.7 Å². The van der Waals surface area contributed by atoms with Gasteiger partial charge in [0.15, 0.2) is 29.6 Å². The lowest BCUT2D eigenvalue weighted by Gasteiger charge is -2.14. The second-order valence-electron chi connectivity index (χ2n) is 8.46. The molecule has 0 saturated heterocycles. The summed E-state index contributed by atoms with van der Waals surface area (Å²) < 4.78 is 28.5. The molecule has 0 aliphatic rings. The maximum atomic E-state index is 15.6. The first-order chi connectivity index (χ1) is 17.7. The fourth-order valence-electron chi connectivity index (χ4n) is 3.47. The average Bonchev–Trinajstić information content (AvgIpc) is 3.23. The smallest absolute Gasteiger partial charge is 0.324 e. The quantitative estimate of drug-likeness (QED) is 0.205. The Labute approximate surface area is 225 Å². The van der Waals surface area contributed by atoms with Crippen LogP contribution in [0.25, 0.3) is 15.9 Å². The van der Waals surface area contributed by atoms with Crippen molar-refractivity contribution < 1.29 is 18.7 Å². The molecule has 2 heterocycles. The van der Waals surface area contributed by atoms with Crippen LogP contribution in [0.5, 0.6) is 11.5 Å². The fraction of sp³-hybridized carbons (Fsp3) is 0.240. The Bertz CT molecular complexity index is 1520. The summed E-state index contributed by atoms with van der Waals surface area (Å²) in [6.07, 6.45) is 1.59. The zero-order valence-electron chi connectivity index (χ0n) is 19.8. The molecule has 37 heavy (non-hydrogen) atoms. The van der Waals surface area contributed by atoms with Crippen LogP contribution < -0.4 is 10.5 Å². The number of rotatable bonds is 8. The Morgan fingerprint density at radius 3 is 2.81 bits per heavy atom. The summed E-state index contributed by atoms with van der Waals surface area (Å²) in [5.74, 6) is -1.10. The lowest BCUT2D eigenvalue weighted by Crippen LogP contribution is -2.37. The van der Waals surface area contributed by atoms with Crippen LogP contribution in [0.1, 0.15) is 25.1 Å². The zero-order chi connectivity index (χ0) is 26.7. The van der Waals surface area contributed by atoms with Crippen LogP contribution in [0.15, 0.2) is 47.1 Å². The van der Waals surface area contributed by atoms with E-state index in [-0.39, 0.29) is 36.3 Å². The molecule has 2 aromatic carbocycles. The Kier molecular flexibility index (Phi) is 8.02. The lowest BCUT2D eigenvalue weighted by molar-refractivity contribution is -0.150. The van der Waals surface area contributed by atoms with Crippen LogP contribution in [0.4, 0.5) is 10.1 Å². The van der Waals surface area contributed by atoms with Crippen molar-refractivity contribution in [2.75, 3.05) is 0 Å². The van der Waals surface area contributed by atoms with Crippen LogP contribution in [-0.4, -0.2) is 32.0 Å². The largest absolute Gasteiger partial charge is 0.454 e. The molecule has 0 amide bonds. The van der Waals surface area contributed by atoms with E-state index in [4.69, 9.17) is 33.4 Å². The molecule has 0 unspecified atom stereocenters. The summed E-state index contributed by atoms with van der Waals surface area (Å²) in [4.78, 5) is 15.5. The van der Waals surface area contributed by atoms with Crippen molar-refractivity contribution in [1.82, 2.24) is 20.0 Å². The van der Waals surface area contributed by atoms with Gasteiger partial charge in [-0.2, -0.15) is 10.2 Å². The molecule has 2 aromatic heterocycles. The molecule has 0 fully saturated rings. The number of fused-ring (bicyclic) bond motifs is 1. The highest BCUT2D eigenvalue weighted by molar-refractivity contribution is 9.10. The maximum absolute atomic E-state index is 15.6. The molecule has 9 nitrogen and oxygen atoms in total. The number of nitrogens with zero attached hydrogens (tertiary/aromatic N) is 5. The van der Waals surface area contributed by atoms with Crippen molar-refractivity contribution >= 4 is 50.2 Å². The van der Waals surface area contributed by atoms with Gasteiger partial charge in [-0.05, 0) is 57.7 Å². The van der Waals surface area contributed by atoms with Crippen molar-refractivity contribution in [1.29, 1.82) is 0 Å². The molecule has 190 valence electrons. The van der Waals surface area contributed by atoms with E-state index in [2.05, 4.69) is 36.1 Å². The van der Waals surface area contributed by atoms with Gasteiger partial charge in [-0.3, -0.25) is 4.79 Å². The first-order valence-electron chi connectivity index (χ1n) is 11.1. The molecule has 4 rings (SSSR count). The number of hydrogen-bond acceptors (Lipinski definition) is 7. The molecule has 0 spiro atoms. The summed E-state index contributed by atoms with van der Waals surface area (Å²) in [7, 11) is 0. The van der Waals surface area contributed by atoms with Crippen LogP contribution in [0, 0.1) is 18.3 Å². The standard InChI is InChI=1S/C25H21BrClFN6O3/c1-13(2)22(29)25(35)36-12-34-24-18(6-7-31-32-24)20(33-34)8-14-4-5-19(26)23(21(14)28)37-17-10-15(27)9-16(11-17)30-3/h4-7,9-11,13,22H,8,12,29H2,1-2H3/t22-/m0/s1. The van der Waals surface area contributed by atoms with E-state index in [9.17, 15) is 4.79 Å². The van der Waals surface area contributed by atoms with E-state index in [1.165, 1.54) is 29.1 Å². The summed E-state index contributed by atoms with van der Waals surface area (Å²) in [6.45, 7) is 10.6. The van der Waals surface area contributed by atoms with Crippen LogP contribution >= 0.6 is 27.5 Å². The number of halogens is 3. The van der Waals surface area contributed by atoms with Gasteiger partial charge in [0.2, 0.25) is 0 Å². The Hall–Kier alpha value is -3.59. The normalized spacial score (nSPS) is 11.9. The van der Waals surface area contributed by atoms with Gasteiger partial charge in [0.1, 0.15) is 11.8 Å². The molecule has 12 heteroatoms. The van der Waals surface area contributed by atoms with Gasteiger partial charge in [-0.15, -0.1) is 5.10 Å². The van der Waals surface area contributed by atoms with Crippen molar-refractivity contribution in [3.63, 3.8) is 0 Å². The fourth-order valence-corrected chi connectivity index (χ4v) is 4.08. The summed E-state index contributed by atoms with van der Waals surface area (Å²) >= 11 is 9.38. The van der Waals surface area contributed by atoms with Gasteiger partial charge < -0.3 is 15.2 Å². The molecule has 4 aromatic rings. The van der Waals surface area contributed by atoms with Gasteiger partial charge in [0, 0.05) is 16.8 Å². The first-order valence-corrected chi connectivity index (χ1v) is 12.3. The first kappa shape index (κ1) is 26.5. The second kappa shape index (κ2) is 11.2. The minimum Gasteiger partial charge on any atom is -0.454 e. The molecule has 0 bridgehead atoms. The van der Waals surface area contributed by atoms with E-state index in [1.807, 2.05) is 13.8 Å². The third-order valence-corrected chi connectivity index (χ3v) is 6.35. The van der Waals surface area contributed by atoms with E-state index >= 15 is 4.39 Å². The van der Waals surface area contributed by atoms with Gasteiger partial charge in [0.05, 0.1) is 22.9 Å². The topological polar surface area (TPSA) is 110 Å². The molecular formula is C25H21BrClFN6O3. The number of benzene rings is 2. The van der Waals surface area contributed by atoms with Crippen molar-refractivity contribution in [3.05, 3.63) is 80.6 Å². The highest BCUT2D eigenvalue weighted by Crippen LogP contribution is 2.37. The van der Waals surface area contributed by atoms with Gasteiger partial charge >= 0.3 is 5.97 Å². The van der Waals surface area contributed by atoms with Gasteiger partial charge in [-0.1, -0.05) is 31.5 Å². The Morgan fingerprint density at radius 2 is 2.08 bits per heavy atom. The lowest BCUT2D eigenvalue weighted by atomic mass is 10.1. The monoisotopic (exact) mass is 586 g/mol. The molecule has 0 aliphatic heterocycles. The van der Waals surface area contributed by atoms with E-state index < -0.39 is 17.8 Å². The third-order valence-electron chi connectivity index (χ3n) is 5.51. The molecule has 1 atom stereocenters. The third kappa shape index (κ3) is 5.88. The van der Waals surface area contributed by atoms with E-state index in [1.54, 1.807) is 18.2 Å². The van der Waals surface area contributed by atoms with Gasteiger partial charge in [0.25, 0.3) is 0 Å². The Morgan fingerprint density at radius 1 is 1.30 bits per heavy atom. The highest BCUT2D eigenvalue weighted by Gasteiger charge is 2.22. The van der Waals surface area contributed by atoms with Crippen LogP contribution in [0.2, 0.25) is 5.02 Å². The number of aromatic nitrogens is 4. The van der Waals surface area contributed by atoms with Crippen molar-refractivity contribution in [2.45, 2.75) is 33.0 Å². The zero-order valence-corrected chi connectivity index (χ0v) is 22.1. The molecule has 0 radical (unpaired) electrons. The summed E-state index contributed by atoms with van der Waals surface area (Å²) in [5.41, 5.74) is 7.30. The molecule has 0 saturated carbocycles. The minimum atomic E-state index is -0.770.